The minimum Gasteiger partial charge on any atom is -0.481 e. The van der Waals surface area contributed by atoms with Crippen LogP contribution in [0.2, 0.25) is 0 Å². The standard InChI is InChI=1S/C28H46O2/c1-3-5-7-14-19-25-21-18-22-26(27(25)23-16-8-6-4-2)20-15-12-10-9-11-13-17-24-28(29)30/h3-4,15,18,20-21,25-27H,1-2,5-14,16-17,19,22-24H2,(H,29,30)/b20-15-. The monoisotopic (exact) mass is 414 g/mol. The summed E-state index contributed by atoms with van der Waals surface area (Å²) in [6.07, 6.45) is 32.2. The van der Waals surface area contributed by atoms with Crippen molar-refractivity contribution in [1.29, 1.82) is 0 Å². The molecule has 1 N–H and O–H groups in total. The van der Waals surface area contributed by atoms with E-state index in [1.54, 1.807) is 0 Å². The fraction of sp³-hybridized carbons (Fsp3) is 0.679. The van der Waals surface area contributed by atoms with E-state index in [1.807, 2.05) is 12.2 Å². The highest BCUT2D eigenvalue weighted by Crippen LogP contribution is 2.38. The van der Waals surface area contributed by atoms with Gasteiger partial charge in [-0.25, -0.2) is 0 Å². The van der Waals surface area contributed by atoms with Gasteiger partial charge in [0.1, 0.15) is 0 Å². The van der Waals surface area contributed by atoms with E-state index in [1.165, 1.54) is 57.8 Å². The summed E-state index contributed by atoms with van der Waals surface area (Å²) in [5, 5.41) is 8.68. The fourth-order valence-electron chi connectivity index (χ4n) is 4.68. The molecule has 3 unspecified atom stereocenters. The van der Waals surface area contributed by atoms with Gasteiger partial charge in [-0.05, 0) is 82.0 Å². The first-order chi connectivity index (χ1) is 14.7. The SMILES string of the molecule is C=CCCCCC1C=CCC(/C=C\CCCCCCCC(=O)O)C1CCCCC=C. The van der Waals surface area contributed by atoms with Crippen molar-refractivity contribution in [1.82, 2.24) is 0 Å². The predicted octanol–water partition coefficient (Wildman–Crippen LogP) is 8.66. The molecular formula is C28H46O2. The van der Waals surface area contributed by atoms with Gasteiger partial charge in [-0.2, -0.15) is 0 Å². The Morgan fingerprint density at radius 1 is 0.867 bits per heavy atom. The summed E-state index contributed by atoms with van der Waals surface area (Å²) in [5.74, 6) is 1.54. The second-order valence-corrected chi connectivity index (χ2v) is 8.93. The molecule has 0 bridgehead atoms. The molecule has 30 heavy (non-hydrogen) atoms. The predicted molar refractivity (Wildman–Crippen MR) is 131 cm³/mol. The molecule has 0 saturated heterocycles. The zero-order valence-corrected chi connectivity index (χ0v) is 19.3. The van der Waals surface area contributed by atoms with Crippen molar-refractivity contribution in [3.63, 3.8) is 0 Å². The lowest BCUT2D eigenvalue weighted by atomic mass is 9.71. The van der Waals surface area contributed by atoms with Gasteiger partial charge in [-0.15, -0.1) is 13.2 Å². The van der Waals surface area contributed by atoms with Crippen molar-refractivity contribution in [2.45, 2.75) is 103 Å². The zero-order chi connectivity index (χ0) is 21.9. The fourth-order valence-corrected chi connectivity index (χ4v) is 4.68. The third kappa shape index (κ3) is 12.9. The van der Waals surface area contributed by atoms with Gasteiger partial charge in [0.25, 0.3) is 0 Å². The molecule has 0 aliphatic heterocycles. The maximum Gasteiger partial charge on any atom is 0.303 e. The average Bonchev–Trinajstić information content (AvgIpc) is 2.74. The van der Waals surface area contributed by atoms with Crippen LogP contribution < -0.4 is 0 Å². The second-order valence-electron chi connectivity index (χ2n) is 8.93. The molecule has 0 radical (unpaired) electrons. The number of allylic oxidation sites excluding steroid dienone is 6. The average molecular weight is 415 g/mol. The van der Waals surface area contributed by atoms with Crippen molar-refractivity contribution in [3.05, 3.63) is 49.6 Å². The van der Waals surface area contributed by atoms with Gasteiger partial charge in [0.15, 0.2) is 0 Å². The molecule has 3 atom stereocenters. The summed E-state index contributed by atoms with van der Waals surface area (Å²) in [7, 11) is 0. The number of carboxylic acids is 1. The third-order valence-electron chi connectivity index (χ3n) is 6.43. The Labute approximate surface area is 186 Å². The van der Waals surface area contributed by atoms with Gasteiger partial charge < -0.3 is 5.11 Å². The van der Waals surface area contributed by atoms with E-state index >= 15 is 0 Å². The van der Waals surface area contributed by atoms with Crippen LogP contribution in [0.5, 0.6) is 0 Å². The molecule has 0 aromatic carbocycles. The Morgan fingerprint density at radius 2 is 1.50 bits per heavy atom. The molecular weight excluding hydrogens is 368 g/mol. The summed E-state index contributed by atoms with van der Waals surface area (Å²) in [4.78, 5) is 10.5. The van der Waals surface area contributed by atoms with Gasteiger partial charge in [0.2, 0.25) is 0 Å². The van der Waals surface area contributed by atoms with Crippen LogP contribution in [0.1, 0.15) is 103 Å². The number of carbonyl (C=O) groups is 1. The van der Waals surface area contributed by atoms with Crippen molar-refractivity contribution in [3.8, 4) is 0 Å². The molecule has 170 valence electrons. The highest BCUT2D eigenvalue weighted by atomic mass is 16.4. The van der Waals surface area contributed by atoms with E-state index in [-0.39, 0.29) is 0 Å². The molecule has 0 aromatic rings. The number of hydrogen-bond acceptors (Lipinski definition) is 1. The molecule has 0 saturated carbocycles. The summed E-state index contributed by atoms with van der Waals surface area (Å²) < 4.78 is 0. The molecule has 0 spiro atoms. The molecule has 2 nitrogen and oxygen atoms in total. The minimum absolute atomic E-state index is 0.318. The van der Waals surface area contributed by atoms with Crippen LogP contribution in [0, 0.1) is 17.8 Å². The number of carboxylic acid groups (broad SMARTS) is 1. The molecule has 1 aliphatic carbocycles. The summed E-state index contributed by atoms with van der Waals surface area (Å²) >= 11 is 0. The van der Waals surface area contributed by atoms with Gasteiger partial charge >= 0.3 is 5.97 Å². The third-order valence-corrected chi connectivity index (χ3v) is 6.43. The Hall–Kier alpha value is -1.57. The van der Waals surface area contributed by atoms with Crippen LogP contribution in [0.4, 0.5) is 0 Å². The topological polar surface area (TPSA) is 37.3 Å². The van der Waals surface area contributed by atoms with E-state index in [9.17, 15) is 4.79 Å². The quantitative estimate of drug-likeness (QED) is 0.169. The van der Waals surface area contributed by atoms with Crippen molar-refractivity contribution in [2.24, 2.45) is 17.8 Å². The van der Waals surface area contributed by atoms with Crippen LogP contribution in [-0.4, -0.2) is 11.1 Å². The highest BCUT2D eigenvalue weighted by Gasteiger charge is 2.27. The van der Waals surface area contributed by atoms with Gasteiger partial charge in [-0.3, -0.25) is 4.79 Å². The van der Waals surface area contributed by atoms with E-state index in [0.717, 1.165) is 50.4 Å². The summed E-state index contributed by atoms with van der Waals surface area (Å²) in [6.45, 7) is 7.72. The van der Waals surface area contributed by atoms with Crippen molar-refractivity contribution >= 4 is 5.97 Å². The maximum absolute atomic E-state index is 10.5. The summed E-state index contributed by atoms with van der Waals surface area (Å²) in [6, 6.07) is 0. The molecule has 2 heteroatoms. The molecule has 1 rings (SSSR count). The number of unbranched alkanes of at least 4 members (excludes halogenated alkanes) is 9. The Morgan fingerprint density at radius 3 is 2.20 bits per heavy atom. The lowest BCUT2D eigenvalue weighted by molar-refractivity contribution is -0.137. The number of rotatable bonds is 19. The minimum atomic E-state index is -0.669. The first-order valence-electron chi connectivity index (χ1n) is 12.5. The van der Waals surface area contributed by atoms with Gasteiger partial charge in [-0.1, -0.05) is 68.6 Å². The zero-order valence-electron chi connectivity index (χ0n) is 19.3. The normalized spacial score (nSPS) is 21.1. The highest BCUT2D eigenvalue weighted by molar-refractivity contribution is 5.66. The Bertz CT molecular complexity index is 517. The molecule has 0 fully saturated rings. The largest absolute Gasteiger partial charge is 0.481 e. The van der Waals surface area contributed by atoms with Crippen molar-refractivity contribution < 1.29 is 9.90 Å². The van der Waals surface area contributed by atoms with Gasteiger partial charge in [0, 0.05) is 6.42 Å². The number of hydrogen-bond donors (Lipinski definition) is 1. The number of aliphatic carboxylic acids is 1. The lowest BCUT2D eigenvalue weighted by Crippen LogP contribution is -2.24. The molecule has 0 amide bonds. The van der Waals surface area contributed by atoms with E-state index in [4.69, 9.17) is 5.11 Å². The van der Waals surface area contributed by atoms with E-state index in [0.29, 0.717) is 12.3 Å². The Kier molecular flexibility index (Phi) is 16.1. The first-order valence-corrected chi connectivity index (χ1v) is 12.5. The second kappa shape index (κ2) is 18.2. The van der Waals surface area contributed by atoms with Crippen LogP contribution in [0.3, 0.4) is 0 Å². The maximum atomic E-state index is 10.5. The van der Waals surface area contributed by atoms with Crippen molar-refractivity contribution in [2.75, 3.05) is 0 Å². The van der Waals surface area contributed by atoms with Crippen LogP contribution in [0.15, 0.2) is 49.6 Å². The van der Waals surface area contributed by atoms with E-state index < -0.39 is 5.97 Å². The first kappa shape index (κ1) is 26.5. The van der Waals surface area contributed by atoms with Crippen LogP contribution in [-0.2, 0) is 4.79 Å². The van der Waals surface area contributed by atoms with E-state index in [2.05, 4.69) is 37.5 Å². The van der Waals surface area contributed by atoms with Gasteiger partial charge in [0.05, 0.1) is 0 Å². The molecule has 0 aromatic heterocycles. The van der Waals surface area contributed by atoms with Crippen LogP contribution in [0.25, 0.3) is 0 Å². The Balaban J connectivity index is 2.41. The molecule has 1 aliphatic rings. The summed E-state index contributed by atoms with van der Waals surface area (Å²) in [5.41, 5.74) is 0. The van der Waals surface area contributed by atoms with Crippen LogP contribution >= 0.6 is 0 Å². The lowest BCUT2D eigenvalue weighted by Gasteiger charge is -2.34. The molecule has 0 heterocycles. The smallest absolute Gasteiger partial charge is 0.303 e.